The second-order valence-corrected chi connectivity index (χ2v) is 6.84. The van der Waals surface area contributed by atoms with E-state index in [0.717, 1.165) is 12.1 Å². The maximum Gasteiger partial charge on any atom is 0.416 e. The number of carbonyl (C=O) groups excluding carboxylic acids is 1. The second-order valence-electron chi connectivity index (χ2n) is 6.84. The van der Waals surface area contributed by atoms with E-state index in [1.54, 1.807) is 16.9 Å². The fourth-order valence-corrected chi connectivity index (χ4v) is 3.56. The second kappa shape index (κ2) is 6.98. The highest BCUT2D eigenvalue weighted by Gasteiger charge is 2.32. The normalized spacial score (nSPS) is 17.1. The predicted octanol–water partition coefficient (Wildman–Crippen LogP) is 4.37. The third kappa shape index (κ3) is 3.48. The molecular formula is C20H16F4N4O. The molecule has 0 N–H and O–H groups in total. The zero-order valence-corrected chi connectivity index (χ0v) is 15.2. The quantitative estimate of drug-likeness (QED) is 0.481. The summed E-state index contributed by atoms with van der Waals surface area (Å²) in [7, 11) is 0. The summed E-state index contributed by atoms with van der Waals surface area (Å²) < 4.78 is 53.4. The molecule has 5 nitrogen and oxygen atoms in total. The van der Waals surface area contributed by atoms with E-state index in [9.17, 15) is 22.4 Å². The summed E-state index contributed by atoms with van der Waals surface area (Å²) in [6, 6.07) is 8.08. The largest absolute Gasteiger partial charge is 0.416 e. The molecule has 0 aliphatic carbocycles. The minimum absolute atomic E-state index is 0.201. The van der Waals surface area contributed by atoms with Crippen LogP contribution in [-0.2, 0) is 11.0 Å². The van der Waals surface area contributed by atoms with Gasteiger partial charge in [0.15, 0.2) is 5.83 Å². The van der Waals surface area contributed by atoms with Gasteiger partial charge in [-0.15, -0.1) is 0 Å². The molecule has 1 unspecified atom stereocenters. The molecule has 1 amide bonds. The highest BCUT2D eigenvalue weighted by molar-refractivity contribution is 5.91. The van der Waals surface area contributed by atoms with E-state index in [2.05, 4.69) is 16.7 Å². The van der Waals surface area contributed by atoms with Crippen molar-refractivity contribution >= 4 is 16.9 Å². The van der Waals surface area contributed by atoms with Crippen LogP contribution in [0.4, 0.5) is 17.6 Å². The summed E-state index contributed by atoms with van der Waals surface area (Å²) in [5, 5.41) is 4.59. The van der Waals surface area contributed by atoms with Crippen molar-refractivity contribution in [2.75, 3.05) is 13.1 Å². The van der Waals surface area contributed by atoms with E-state index in [-0.39, 0.29) is 12.6 Å². The van der Waals surface area contributed by atoms with Crippen molar-refractivity contribution in [3.63, 3.8) is 0 Å². The number of fused-ring (bicyclic) bond motifs is 1. The summed E-state index contributed by atoms with van der Waals surface area (Å²) in [5.41, 5.74) is 1.46. The van der Waals surface area contributed by atoms with Gasteiger partial charge >= 0.3 is 6.18 Å². The van der Waals surface area contributed by atoms with Crippen molar-refractivity contribution in [3.8, 4) is 11.3 Å². The first kappa shape index (κ1) is 19.1. The third-order valence-corrected chi connectivity index (χ3v) is 4.98. The zero-order chi connectivity index (χ0) is 20.8. The number of alkyl halides is 3. The molecule has 1 atom stereocenters. The van der Waals surface area contributed by atoms with Gasteiger partial charge in [-0.1, -0.05) is 18.7 Å². The van der Waals surface area contributed by atoms with Crippen LogP contribution in [0.3, 0.4) is 0 Å². The van der Waals surface area contributed by atoms with E-state index >= 15 is 0 Å². The van der Waals surface area contributed by atoms with Crippen LogP contribution in [0.5, 0.6) is 0 Å². The van der Waals surface area contributed by atoms with Gasteiger partial charge in [0, 0.05) is 24.8 Å². The maximum atomic E-state index is 13.2. The molecule has 0 bridgehead atoms. The SMILES string of the molecule is C=C(F)C(=O)N1CCC(n2nc(-c3ccc(C(F)(F)F)cc3)c3ncccc32)C1. The molecule has 0 spiro atoms. The van der Waals surface area contributed by atoms with Gasteiger partial charge in [0.05, 0.1) is 17.1 Å². The monoisotopic (exact) mass is 404 g/mol. The number of aromatic nitrogens is 3. The lowest BCUT2D eigenvalue weighted by atomic mass is 10.1. The summed E-state index contributed by atoms with van der Waals surface area (Å²) >= 11 is 0. The number of pyridine rings is 1. The van der Waals surface area contributed by atoms with Gasteiger partial charge < -0.3 is 4.90 Å². The molecule has 1 aromatic carbocycles. The van der Waals surface area contributed by atoms with Crippen molar-refractivity contribution < 1.29 is 22.4 Å². The van der Waals surface area contributed by atoms with E-state index in [0.29, 0.717) is 35.3 Å². The van der Waals surface area contributed by atoms with E-state index < -0.39 is 23.5 Å². The van der Waals surface area contributed by atoms with Crippen LogP contribution >= 0.6 is 0 Å². The highest BCUT2D eigenvalue weighted by atomic mass is 19.4. The number of nitrogens with zero attached hydrogens (tertiary/aromatic N) is 4. The van der Waals surface area contributed by atoms with Gasteiger partial charge in [0.2, 0.25) is 0 Å². The van der Waals surface area contributed by atoms with Crippen molar-refractivity contribution in [2.45, 2.75) is 18.6 Å². The summed E-state index contributed by atoms with van der Waals surface area (Å²) in [4.78, 5) is 17.6. The molecule has 4 rings (SSSR count). The molecule has 150 valence electrons. The van der Waals surface area contributed by atoms with Crippen LogP contribution in [0, 0.1) is 0 Å². The Kier molecular flexibility index (Phi) is 4.60. The highest BCUT2D eigenvalue weighted by Crippen LogP contribution is 2.34. The fourth-order valence-electron chi connectivity index (χ4n) is 3.56. The first-order valence-electron chi connectivity index (χ1n) is 8.90. The topological polar surface area (TPSA) is 51.0 Å². The van der Waals surface area contributed by atoms with E-state index in [1.165, 1.54) is 17.0 Å². The van der Waals surface area contributed by atoms with Gasteiger partial charge in [-0.05, 0) is 30.7 Å². The van der Waals surface area contributed by atoms with Gasteiger partial charge in [0.1, 0.15) is 11.2 Å². The van der Waals surface area contributed by atoms with E-state index in [1.807, 2.05) is 6.07 Å². The first-order chi connectivity index (χ1) is 13.8. The van der Waals surface area contributed by atoms with Crippen LogP contribution < -0.4 is 0 Å². The Morgan fingerprint density at radius 3 is 2.55 bits per heavy atom. The van der Waals surface area contributed by atoms with Crippen LogP contribution in [0.1, 0.15) is 18.0 Å². The summed E-state index contributed by atoms with van der Waals surface area (Å²) in [6.45, 7) is 3.67. The standard InChI is InChI=1S/C20H16F4N4O/c1-12(21)19(29)27-10-8-15(11-27)28-16-3-2-9-25-18(16)17(26-28)13-4-6-14(7-5-13)20(22,23)24/h2-7,9,15H,1,8,10-11H2. The third-order valence-electron chi connectivity index (χ3n) is 4.98. The molecule has 9 heteroatoms. The number of likely N-dealkylation sites (tertiary alicyclic amines) is 1. The number of benzene rings is 1. The van der Waals surface area contributed by atoms with E-state index in [4.69, 9.17) is 0 Å². The Bertz CT molecular complexity index is 1090. The zero-order valence-electron chi connectivity index (χ0n) is 15.2. The molecule has 1 fully saturated rings. The molecule has 2 aromatic heterocycles. The maximum absolute atomic E-state index is 13.2. The van der Waals surface area contributed by atoms with Crippen molar-refractivity contribution in [3.05, 3.63) is 60.6 Å². The lowest BCUT2D eigenvalue weighted by Crippen LogP contribution is -2.29. The molecular weight excluding hydrogens is 388 g/mol. The average Bonchev–Trinajstić information content (AvgIpc) is 3.31. The molecule has 3 heterocycles. The number of halogens is 4. The van der Waals surface area contributed by atoms with Gasteiger partial charge in [-0.2, -0.15) is 18.3 Å². The minimum Gasteiger partial charge on any atom is -0.334 e. The van der Waals surface area contributed by atoms with Crippen molar-refractivity contribution in [1.82, 2.24) is 19.7 Å². The Hall–Kier alpha value is -3.23. The number of carbonyl (C=O) groups is 1. The smallest absolute Gasteiger partial charge is 0.334 e. The molecule has 3 aromatic rings. The Labute approximate surface area is 163 Å². The van der Waals surface area contributed by atoms with Crippen LogP contribution in [0.2, 0.25) is 0 Å². The minimum atomic E-state index is -4.42. The Morgan fingerprint density at radius 2 is 1.90 bits per heavy atom. The summed E-state index contributed by atoms with van der Waals surface area (Å²) in [6.07, 6.45) is -2.27. The Balaban J connectivity index is 1.71. The van der Waals surface area contributed by atoms with Gasteiger partial charge in [0.25, 0.3) is 5.91 Å². The first-order valence-corrected chi connectivity index (χ1v) is 8.90. The molecule has 29 heavy (non-hydrogen) atoms. The number of rotatable bonds is 3. The van der Waals surface area contributed by atoms with Gasteiger partial charge in [-0.3, -0.25) is 14.5 Å². The van der Waals surface area contributed by atoms with Gasteiger partial charge in [-0.25, -0.2) is 4.39 Å². The molecule has 1 aliphatic heterocycles. The van der Waals surface area contributed by atoms with Crippen LogP contribution in [0.15, 0.2) is 55.0 Å². The lowest BCUT2D eigenvalue weighted by Gasteiger charge is -2.15. The molecule has 1 saturated heterocycles. The fraction of sp³-hybridized carbons (Fsp3) is 0.250. The molecule has 1 aliphatic rings. The van der Waals surface area contributed by atoms with Crippen LogP contribution in [-0.4, -0.2) is 38.7 Å². The molecule has 0 saturated carbocycles. The predicted molar refractivity (Wildman–Crippen MR) is 98.4 cm³/mol. The van der Waals surface area contributed by atoms with Crippen molar-refractivity contribution in [2.24, 2.45) is 0 Å². The lowest BCUT2D eigenvalue weighted by molar-refractivity contribution is -0.137. The number of hydrogen-bond acceptors (Lipinski definition) is 3. The van der Waals surface area contributed by atoms with Crippen molar-refractivity contribution in [1.29, 1.82) is 0 Å². The number of amides is 1. The molecule has 0 radical (unpaired) electrons. The summed E-state index contributed by atoms with van der Waals surface area (Å²) in [5.74, 6) is -1.76. The average molecular weight is 404 g/mol. The Morgan fingerprint density at radius 1 is 1.17 bits per heavy atom. The van der Waals surface area contributed by atoms with Crippen LogP contribution in [0.25, 0.3) is 22.3 Å². The number of hydrogen-bond donors (Lipinski definition) is 0.